The normalized spacial score (nSPS) is 10.6. The molecule has 6 heteroatoms. The second kappa shape index (κ2) is 11.3. The Labute approximate surface area is 150 Å². The molecule has 0 heterocycles. The van der Waals surface area contributed by atoms with Gasteiger partial charge in [0.15, 0.2) is 5.96 Å². The molecule has 0 fully saturated rings. The first-order valence-electron chi connectivity index (χ1n) is 7.33. The second-order valence-electron chi connectivity index (χ2n) is 5.08. The van der Waals surface area contributed by atoms with Crippen LogP contribution in [0.4, 0.5) is 0 Å². The van der Waals surface area contributed by atoms with Crippen LogP contribution in [0.1, 0.15) is 29.3 Å². The topological polar surface area (TPSA) is 56.7 Å². The van der Waals surface area contributed by atoms with Gasteiger partial charge in [0.2, 0.25) is 0 Å². The average Bonchev–Trinajstić information content (AvgIpc) is 2.50. The van der Waals surface area contributed by atoms with Gasteiger partial charge in [0.1, 0.15) is 0 Å². The number of hydrogen-bond donors (Lipinski definition) is 2. The average molecular weight is 418 g/mol. The Morgan fingerprint density at radius 2 is 1.91 bits per heavy atom. The van der Waals surface area contributed by atoms with Gasteiger partial charge in [0.05, 0.1) is 0 Å². The molecule has 1 amide bonds. The lowest BCUT2D eigenvalue weighted by molar-refractivity contribution is 0.0827. The first-order valence-corrected chi connectivity index (χ1v) is 7.33. The number of guanidine groups is 1. The number of nitrogens with one attached hydrogen (secondary N) is 2. The minimum absolute atomic E-state index is 0. The number of nitrogens with zero attached hydrogens (tertiary/aromatic N) is 2. The SMILES string of the molecule is CCCNC(=NC)NCCc1cccc(C(=O)N(C)C)c1.I. The minimum atomic E-state index is 0. The lowest BCUT2D eigenvalue weighted by Gasteiger charge is -2.13. The van der Waals surface area contributed by atoms with Crippen LogP contribution in [-0.2, 0) is 6.42 Å². The maximum absolute atomic E-state index is 11.9. The van der Waals surface area contributed by atoms with Gasteiger partial charge in [-0.3, -0.25) is 9.79 Å². The molecule has 0 saturated carbocycles. The van der Waals surface area contributed by atoms with Crippen LogP contribution in [0.25, 0.3) is 0 Å². The molecule has 0 spiro atoms. The summed E-state index contributed by atoms with van der Waals surface area (Å²) in [4.78, 5) is 17.7. The van der Waals surface area contributed by atoms with Crippen LogP contribution >= 0.6 is 24.0 Å². The lowest BCUT2D eigenvalue weighted by Crippen LogP contribution is -2.38. The van der Waals surface area contributed by atoms with Crippen molar-refractivity contribution in [2.75, 3.05) is 34.2 Å². The zero-order valence-electron chi connectivity index (χ0n) is 13.8. The molecule has 0 aliphatic carbocycles. The molecule has 1 aromatic carbocycles. The molecule has 1 aromatic rings. The number of carbonyl (C=O) groups excluding carboxylic acids is 1. The van der Waals surface area contributed by atoms with Crippen LogP contribution < -0.4 is 10.6 Å². The van der Waals surface area contributed by atoms with Gasteiger partial charge < -0.3 is 15.5 Å². The van der Waals surface area contributed by atoms with Gasteiger partial charge in [-0.2, -0.15) is 0 Å². The molecule has 22 heavy (non-hydrogen) atoms. The van der Waals surface area contributed by atoms with Gasteiger partial charge in [0.25, 0.3) is 5.91 Å². The van der Waals surface area contributed by atoms with E-state index in [1.807, 2.05) is 24.3 Å². The van der Waals surface area contributed by atoms with Crippen molar-refractivity contribution in [3.05, 3.63) is 35.4 Å². The Morgan fingerprint density at radius 3 is 2.50 bits per heavy atom. The van der Waals surface area contributed by atoms with E-state index < -0.39 is 0 Å². The largest absolute Gasteiger partial charge is 0.356 e. The van der Waals surface area contributed by atoms with Crippen LogP contribution in [0.3, 0.4) is 0 Å². The summed E-state index contributed by atoms with van der Waals surface area (Å²) in [6.07, 6.45) is 1.91. The highest BCUT2D eigenvalue weighted by Gasteiger charge is 2.08. The molecule has 0 atom stereocenters. The number of aliphatic imine (C=N–C) groups is 1. The van der Waals surface area contributed by atoms with E-state index in [2.05, 4.69) is 22.5 Å². The fraction of sp³-hybridized carbons (Fsp3) is 0.500. The Bertz CT molecular complexity index is 489. The van der Waals surface area contributed by atoms with E-state index in [1.54, 1.807) is 26.0 Å². The summed E-state index contributed by atoms with van der Waals surface area (Å²) in [5.41, 5.74) is 1.87. The molecule has 5 nitrogen and oxygen atoms in total. The van der Waals surface area contributed by atoms with E-state index in [0.717, 1.165) is 43.0 Å². The minimum Gasteiger partial charge on any atom is -0.356 e. The molecule has 1 rings (SSSR count). The first kappa shape index (κ1) is 20.7. The molecular weight excluding hydrogens is 391 g/mol. The van der Waals surface area contributed by atoms with E-state index >= 15 is 0 Å². The second-order valence-corrected chi connectivity index (χ2v) is 5.08. The van der Waals surface area contributed by atoms with Crippen molar-refractivity contribution in [3.63, 3.8) is 0 Å². The summed E-state index contributed by atoms with van der Waals surface area (Å²) in [6, 6.07) is 7.76. The smallest absolute Gasteiger partial charge is 0.253 e. The molecular formula is C16H27IN4O. The summed E-state index contributed by atoms with van der Waals surface area (Å²) in [6.45, 7) is 3.81. The molecule has 0 unspecified atom stereocenters. The zero-order valence-corrected chi connectivity index (χ0v) is 16.2. The Kier molecular flexibility index (Phi) is 10.6. The van der Waals surface area contributed by atoms with E-state index in [9.17, 15) is 4.79 Å². The summed E-state index contributed by atoms with van der Waals surface area (Å²) in [5, 5.41) is 6.50. The monoisotopic (exact) mass is 418 g/mol. The third kappa shape index (κ3) is 7.11. The Hall–Kier alpha value is -1.31. The molecule has 0 aliphatic rings. The molecule has 0 radical (unpaired) electrons. The zero-order chi connectivity index (χ0) is 15.7. The van der Waals surface area contributed by atoms with Gasteiger partial charge in [-0.05, 0) is 30.5 Å². The van der Waals surface area contributed by atoms with E-state index in [4.69, 9.17) is 0 Å². The predicted octanol–water partition coefficient (Wildman–Crippen LogP) is 2.12. The van der Waals surface area contributed by atoms with Crippen LogP contribution in [-0.4, -0.2) is 51.0 Å². The number of amides is 1. The van der Waals surface area contributed by atoms with E-state index in [0.29, 0.717) is 0 Å². The third-order valence-corrected chi connectivity index (χ3v) is 3.05. The summed E-state index contributed by atoms with van der Waals surface area (Å²) in [7, 11) is 5.29. The van der Waals surface area contributed by atoms with Crippen LogP contribution in [0.5, 0.6) is 0 Å². The Morgan fingerprint density at radius 1 is 1.23 bits per heavy atom. The predicted molar refractivity (Wildman–Crippen MR) is 103 cm³/mol. The first-order chi connectivity index (χ1) is 10.1. The Balaban J connectivity index is 0.00000441. The molecule has 0 aromatic heterocycles. The summed E-state index contributed by atoms with van der Waals surface area (Å²) in [5.74, 6) is 0.850. The van der Waals surface area contributed by atoms with Gasteiger partial charge in [-0.25, -0.2) is 0 Å². The van der Waals surface area contributed by atoms with Gasteiger partial charge >= 0.3 is 0 Å². The number of rotatable bonds is 6. The van der Waals surface area contributed by atoms with Gasteiger partial charge in [0, 0.05) is 39.8 Å². The van der Waals surface area contributed by atoms with Gasteiger partial charge in [-0.15, -0.1) is 24.0 Å². The van der Waals surface area contributed by atoms with Crippen LogP contribution in [0.2, 0.25) is 0 Å². The molecule has 2 N–H and O–H groups in total. The molecule has 0 bridgehead atoms. The highest BCUT2D eigenvalue weighted by Crippen LogP contribution is 2.07. The fourth-order valence-corrected chi connectivity index (χ4v) is 1.91. The molecule has 0 saturated heterocycles. The van der Waals surface area contributed by atoms with Crippen molar-refractivity contribution < 1.29 is 4.79 Å². The molecule has 0 aliphatic heterocycles. The summed E-state index contributed by atoms with van der Waals surface area (Å²) >= 11 is 0. The van der Waals surface area contributed by atoms with Crippen molar-refractivity contribution in [2.24, 2.45) is 4.99 Å². The van der Waals surface area contributed by atoms with Crippen molar-refractivity contribution in [1.29, 1.82) is 0 Å². The number of carbonyl (C=O) groups is 1. The van der Waals surface area contributed by atoms with Crippen molar-refractivity contribution in [2.45, 2.75) is 19.8 Å². The van der Waals surface area contributed by atoms with E-state index in [-0.39, 0.29) is 29.9 Å². The standard InChI is InChI=1S/C16H26N4O.HI/c1-5-10-18-16(17-2)19-11-9-13-7-6-8-14(12-13)15(21)20(3)4;/h6-8,12H,5,9-11H2,1-4H3,(H2,17,18,19);1H. The highest BCUT2D eigenvalue weighted by molar-refractivity contribution is 14.0. The van der Waals surface area contributed by atoms with Crippen molar-refractivity contribution in [3.8, 4) is 0 Å². The van der Waals surface area contributed by atoms with Crippen molar-refractivity contribution in [1.82, 2.24) is 15.5 Å². The van der Waals surface area contributed by atoms with E-state index in [1.165, 1.54) is 0 Å². The van der Waals surface area contributed by atoms with Crippen molar-refractivity contribution >= 4 is 35.8 Å². The summed E-state index contributed by atoms with van der Waals surface area (Å²) < 4.78 is 0. The highest BCUT2D eigenvalue weighted by atomic mass is 127. The molecule has 124 valence electrons. The number of benzene rings is 1. The maximum Gasteiger partial charge on any atom is 0.253 e. The number of halogens is 1. The maximum atomic E-state index is 11.9. The van der Waals surface area contributed by atoms with Crippen LogP contribution in [0.15, 0.2) is 29.3 Å². The fourth-order valence-electron chi connectivity index (χ4n) is 1.91. The third-order valence-electron chi connectivity index (χ3n) is 3.05. The number of hydrogen-bond acceptors (Lipinski definition) is 2. The van der Waals surface area contributed by atoms with Gasteiger partial charge in [-0.1, -0.05) is 19.1 Å². The van der Waals surface area contributed by atoms with Crippen LogP contribution in [0, 0.1) is 0 Å². The lowest BCUT2D eigenvalue weighted by atomic mass is 10.1. The quantitative estimate of drug-likeness (QED) is 0.423.